The number of hydrogen-bond donors (Lipinski definition) is 0. The number of anilines is 1. The van der Waals surface area contributed by atoms with E-state index in [1.807, 2.05) is 12.3 Å². The van der Waals surface area contributed by atoms with Gasteiger partial charge in [-0.05, 0) is 55.9 Å². The summed E-state index contributed by atoms with van der Waals surface area (Å²) in [5, 5.41) is 0. The van der Waals surface area contributed by atoms with Crippen LogP contribution in [-0.2, 0) is 4.79 Å². The van der Waals surface area contributed by atoms with Gasteiger partial charge in [-0.15, -0.1) is 0 Å². The second-order valence-electron chi connectivity index (χ2n) is 9.02. The second-order valence-corrected chi connectivity index (χ2v) is 9.02. The Kier molecular flexibility index (Phi) is 4.49. The normalized spacial score (nSPS) is 21.5. The Bertz CT molecular complexity index is 995. The van der Waals surface area contributed by atoms with Crippen LogP contribution in [0.4, 0.5) is 5.82 Å². The summed E-state index contributed by atoms with van der Waals surface area (Å²) in [5.41, 5.74) is 6.73. The summed E-state index contributed by atoms with van der Waals surface area (Å²) in [7, 11) is 0. The minimum Gasteiger partial charge on any atom is -0.303 e. The Hall–Kier alpha value is -2.68. The molecule has 0 amide bonds. The minimum atomic E-state index is -0.0482. The minimum absolute atomic E-state index is 0.0141. The van der Waals surface area contributed by atoms with Crippen LogP contribution in [0.2, 0.25) is 0 Å². The highest BCUT2D eigenvalue weighted by Crippen LogP contribution is 2.48. The summed E-state index contributed by atoms with van der Waals surface area (Å²) < 4.78 is 0. The predicted molar refractivity (Wildman–Crippen MR) is 114 cm³/mol. The molecular formula is C25H28N2O. The van der Waals surface area contributed by atoms with Crippen molar-refractivity contribution in [1.82, 2.24) is 4.98 Å². The lowest BCUT2D eigenvalue weighted by Gasteiger charge is -2.42. The highest BCUT2D eigenvalue weighted by Gasteiger charge is 2.41. The smallest absolute Gasteiger partial charge is 0.162 e. The molecule has 1 unspecified atom stereocenters. The van der Waals surface area contributed by atoms with E-state index >= 15 is 0 Å². The first kappa shape index (κ1) is 18.7. The first-order valence-electron chi connectivity index (χ1n) is 9.99. The molecular weight excluding hydrogens is 344 g/mol. The van der Waals surface area contributed by atoms with Crippen LogP contribution in [0.1, 0.15) is 56.2 Å². The number of carbonyl (C=O) groups excluding carboxylic acids is 1. The monoisotopic (exact) mass is 372 g/mol. The van der Waals surface area contributed by atoms with Crippen molar-refractivity contribution in [1.29, 1.82) is 0 Å². The molecule has 0 N–H and O–H groups in total. The molecule has 0 spiro atoms. The maximum Gasteiger partial charge on any atom is 0.162 e. The van der Waals surface area contributed by atoms with Gasteiger partial charge in [0.05, 0.1) is 0 Å². The third kappa shape index (κ3) is 3.30. The van der Waals surface area contributed by atoms with Gasteiger partial charge in [-0.3, -0.25) is 4.79 Å². The van der Waals surface area contributed by atoms with Crippen molar-refractivity contribution < 1.29 is 4.79 Å². The van der Waals surface area contributed by atoms with Crippen LogP contribution >= 0.6 is 0 Å². The van der Waals surface area contributed by atoms with Crippen molar-refractivity contribution >= 4 is 11.6 Å². The highest BCUT2D eigenvalue weighted by molar-refractivity contribution is 6.01. The van der Waals surface area contributed by atoms with E-state index in [-0.39, 0.29) is 17.1 Å². The SMILES string of the molecule is CC1=CC(c2ccc(C)cc2)C2=C(CC(C)(C)CC2=O)N1c1cc(C)ccn1. The van der Waals surface area contributed by atoms with E-state index in [9.17, 15) is 4.79 Å². The van der Waals surface area contributed by atoms with E-state index < -0.39 is 0 Å². The fourth-order valence-corrected chi connectivity index (χ4v) is 4.46. The number of nitrogens with zero attached hydrogens (tertiary/aromatic N) is 2. The molecule has 2 heterocycles. The Morgan fingerprint density at radius 1 is 1.00 bits per heavy atom. The van der Waals surface area contributed by atoms with Crippen molar-refractivity contribution in [3.8, 4) is 0 Å². The van der Waals surface area contributed by atoms with Crippen LogP contribution in [-0.4, -0.2) is 10.8 Å². The molecule has 2 aromatic rings. The third-order valence-electron chi connectivity index (χ3n) is 5.80. The fourth-order valence-electron chi connectivity index (χ4n) is 4.46. The zero-order valence-electron chi connectivity index (χ0n) is 17.4. The standard InChI is InChI=1S/C25H28N2O/c1-16-6-8-19(9-7-16)20-13-18(3)27(23-12-17(2)10-11-26-23)21-14-25(4,5)15-22(28)24(20)21/h6-13,20H,14-15H2,1-5H3. The number of benzene rings is 1. The molecule has 3 nitrogen and oxygen atoms in total. The molecule has 1 aliphatic heterocycles. The third-order valence-corrected chi connectivity index (χ3v) is 5.80. The summed E-state index contributed by atoms with van der Waals surface area (Å²) in [6.45, 7) is 10.7. The largest absolute Gasteiger partial charge is 0.303 e. The highest BCUT2D eigenvalue weighted by atomic mass is 16.1. The maximum absolute atomic E-state index is 13.3. The average molecular weight is 373 g/mol. The van der Waals surface area contributed by atoms with Crippen LogP contribution in [0.3, 0.4) is 0 Å². The molecule has 1 aromatic heterocycles. The number of aryl methyl sites for hydroxylation is 2. The molecule has 0 fully saturated rings. The Labute approximate surface area is 167 Å². The topological polar surface area (TPSA) is 33.2 Å². The second kappa shape index (κ2) is 6.73. The summed E-state index contributed by atoms with van der Waals surface area (Å²) in [5.74, 6) is 1.17. The van der Waals surface area contributed by atoms with Gasteiger partial charge in [0.2, 0.25) is 0 Å². The zero-order valence-corrected chi connectivity index (χ0v) is 17.4. The molecule has 0 saturated heterocycles. The number of carbonyl (C=O) groups is 1. The molecule has 2 aliphatic rings. The summed E-state index contributed by atoms with van der Waals surface area (Å²) in [4.78, 5) is 20.1. The lowest BCUT2D eigenvalue weighted by molar-refractivity contribution is -0.118. The van der Waals surface area contributed by atoms with Crippen LogP contribution < -0.4 is 4.90 Å². The van der Waals surface area contributed by atoms with Crippen LogP contribution in [0.5, 0.6) is 0 Å². The van der Waals surface area contributed by atoms with E-state index in [4.69, 9.17) is 0 Å². The average Bonchev–Trinajstić information content (AvgIpc) is 2.60. The Morgan fingerprint density at radius 3 is 2.39 bits per heavy atom. The molecule has 3 heteroatoms. The van der Waals surface area contributed by atoms with E-state index in [0.717, 1.165) is 29.2 Å². The Morgan fingerprint density at radius 2 is 1.71 bits per heavy atom. The first-order valence-corrected chi connectivity index (χ1v) is 9.99. The number of hydrogen-bond acceptors (Lipinski definition) is 3. The summed E-state index contributed by atoms with van der Waals surface area (Å²) in [6.07, 6.45) is 5.54. The van der Waals surface area contributed by atoms with Gasteiger partial charge >= 0.3 is 0 Å². The van der Waals surface area contributed by atoms with Crippen molar-refractivity contribution in [2.75, 3.05) is 4.90 Å². The lowest BCUT2D eigenvalue weighted by Crippen LogP contribution is -2.38. The van der Waals surface area contributed by atoms with E-state index in [0.29, 0.717) is 6.42 Å². The number of pyridine rings is 1. The number of allylic oxidation sites excluding steroid dienone is 4. The van der Waals surface area contributed by atoms with Gasteiger partial charge in [-0.1, -0.05) is 49.8 Å². The molecule has 0 saturated carbocycles. The van der Waals surface area contributed by atoms with Crippen molar-refractivity contribution in [3.05, 3.63) is 82.3 Å². The number of rotatable bonds is 2. The molecule has 1 aliphatic carbocycles. The molecule has 4 rings (SSSR count). The zero-order chi connectivity index (χ0) is 20.1. The maximum atomic E-state index is 13.3. The fraction of sp³-hybridized carbons (Fsp3) is 0.360. The Balaban J connectivity index is 1.90. The predicted octanol–water partition coefficient (Wildman–Crippen LogP) is 5.85. The molecule has 1 aromatic carbocycles. The number of ketones is 1. The molecule has 144 valence electrons. The van der Waals surface area contributed by atoms with Gasteiger partial charge in [0.1, 0.15) is 5.82 Å². The van der Waals surface area contributed by atoms with Crippen LogP contribution in [0, 0.1) is 19.3 Å². The number of Topliss-reactive ketones (excluding diaryl/α,β-unsaturated/α-hetero) is 1. The molecule has 0 radical (unpaired) electrons. The van der Waals surface area contributed by atoms with Gasteiger partial charge < -0.3 is 4.90 Å². The molecule has 28 heavy (non-hydrogen) atoms. The van der Waals surface area contributed by atoms with Gasteiger partial charge in [0.25, 0.3) is 0 Å². The van der Waals surface area contributed by atoms with E-state index in [2.05, 4.69) is 80.9 Å². The van der Waals surface area contributed by atoms with Gasteiger partial charge in [-0.25, -0.2) is 4.98 Å². The quantitative estimate of drug-likeness (QED) is 0.663. The summed E-state index contributed by atoms with van der Waals surface area (Å²) >= 11 is 0. The van der Waals surface area contributed by atoms with Crippen molar-refractivity contribution in [2.24, 2.45) is 5.41 Å². The molecule has 0 bridgehead atoms. The molecule has 1 atom stereocenters. The van der Waals surface area contributed by atoms with Gasteiger partial charge in [-0.2, -0.15) is 0 Å². The van der Waals surface area contributed by atoms with Crippen molar-refractivity contribution in [2.45, 2.75) is 53.4 Å². The van der Waals surface area contributed by atoms with E-state index in [1.54, 1.807) is 0 Å². The van der Waals surface area contributed by atoms with Gasteiger partial charge in [0.15, 0.2) is 5.78 Å². The van der Waals surface area contributed by atoms with Crippen molar-refractivity contribution in [3.63, 3.8) is 0 Å². The van der Waals surface area contributed by atoms with Crippen LogP contribution in [0.15, 0.2) is 65.6 Å². The van der Waals surface area contributed by atoms with E-state index in [1.165, 1.54) is 16.7 Å². The summed E-state index contributed by atoms with van der Waals surface area (Å²) in [6, 6.07) is 12.7. The lowest BCUT2D eigenvalue weighted by atomic mass is 9.70. The number of aromatic nitrogens is 1. The first-order chi connectivity index (χ1) is 13.2. The van der Waals surface area contributed by atoms with Crippen LogP contribution in [0.25, 0.3) is 0 Å². The van der Waals surface area contributed by atoms with Gasteiger partial charge in [0, 0.05) is 35.5 Å².